The summed E-state index contributed by atoms with van der Waals surface area (Å²) in [4.78, 5) is 25.2. The third-order valence-electron chi connectivity index (χ3n) is 5.99. The fourth-order valence-corrected chi connectivity index (χ4v) is 5.80. The van der Waals surface area contributed by atoms with Gasteiger partial charge >= 0.3 is 13.7 Å². The number of imidazole rings is 1. The molecule has 12 nitrogen and oxygen atoms in total. The molecule has 2 atom stereocenters. The van der Waals surface area contributed by atoms with E-state index in [2.05, 4.69) is 36.0 Å². The van der Waals surface area contributed by atoms with Crippen LogP contribution in [-0.4, -0.2) is 51.9 Å². The van der Waals surface area contributed by atoms with Gasteiger partial charge in [-0.1, -0.05) is 29.8 Å². The Morgan fingerprint density at radius 1 is 1.24 bits per heavy atom. The van der Waals surface area contributed by atoms with Crippen molar-refractivity contribution in [1.82, 2.24) is 24.6 Å². The van der Waals surface area contributed by atoms with Crippen molar-refractivity contribution in [2.24, 2.45) is 11.8 Å². The number of rotatable bonds is 12. The summed E-state index contributed by atoms with van der Waals surface area (Å²) >= 11 is 3.37. The van der Waals surface area contributed by atoms with E-state index in [-0.39, 0.29) is 37.0 Å². The number of hydrogen-bond donors (Lipinski definition) is 2. The number of hydrogen-bond acceptors (Lipinski definition) is 10. The van der Waals surface area contributed by atoms with Gasteiger partial charge in [-0.2, -0.15) is 15.1 Å². The number of nitrogens with one attached hydrogen (secondary N) is 1. The first-order chi connectivity index (χ1) is 18.1. The Morgan fingerprint density at radius 3 is 2.61 bits per heavy atom. The van der Waals surface area contributed by atoms with Gasteiger partial charge in [0, 0.05) is 10.5 Å². The molecule has 0 radical (unpaired) electrons. The summed E-state index contributed by atoms with van der Waals surface area (Å²) in [6, 6.07) is 6.05. The number of halogens is 1. The fraction of sp³-hybridized carbons (Fsp3) is 0.500. The van der Waals surface area contributed by atoms with Crippen molar-refractivity contribution in [2.45, 2.75) is 45.7 Å². The van der Waals surface area contributed by atoms with Gasteiger partial charge in [-0.25, -0.2) is 9.55 Å². The molecule has 1 aromatic carbocycles. The lowest BCUT2D eigenvalue weighted by Gasteiger charge is -2.36. The van der Waals surface area contributed by atoms with Gasteiger partial charge < -0.3 is 24.3 Å². The highest BCUT2D eigenvalue weighted by atomic mass is 79.9. The second kappa shape index (κ2) is 12.0. The maximum atomic E-state index is 13.7. The molecule has 1 aliphatic rings. The standard InChI is InChI=1S/C24H32BrN6O6P/c1-14(2)11-35-23(32)15(3)30-38(33,37-19-7-5-17(25)6-8-19)36-12-16-9-18(10-16)31-13-27-20-21(31)28-24(26)29-22(20)34-4/h5-8,13-16,18H,9-12H2,1-4H3,(H,30,33)(H2,26,28,29)/t15-,16-,18+,38?/m0/s1. The molecule has 0 spiro atoms. The molecule has 1 fully saturated rings. The molecule has 0 amide bonds. The van der Waals surface area contributed by atoms with Gasteiger partial charge in [-0.3, -0.25) is 9.32 Å². The Labute approximate surface area is 229 Å². The number of methoxy groups -OCH3 is 1. The molecule has 3 N–H and O–H groups in total. The van der Waals surface area contributed by atoms with E-state index in [1.54, 1.807) is 37.5 Å². The molecule has 0 aliphatic heterocycles. The van der Waals surface area contributed by atoms with Crippen LogP contribution in [0.4, 0.5) is 5.95 Å². The van der Waals surface area contributed by atoms with Crippen LogP contribution >= 0.6 is 23.7 Å². The number of carbonyl (C=O) groups is 1. The first-order valence-electron chi connectivity index (χ1n) is 12.2. The van der Waals surface area contributed by atoms with E-state index in [9.17, 15) is 9.36 Å². The summed E-state index contributed by atoms with van der Waals surface area (Å²) in [6.07, 6.45) is 3.17. The average molecular weight is 611 g/mol. The summed E-state index contributed by atoms with van der Waals surface area (Å²) in [5.41, 5.74) is 6.96. The molecule has 0 bridgehead atoms. The van der Waals surface area contributed by atoms with Crippen molar-refractivity contribution in [1.29, 1.82) is 0 Å². The number of anilines is 1. The summed E-state index contributed by atoms with van der Waals surface area (Å²) in [6.45, 7) is 5.87. The van der Waals surface area contributed by atoms with Crippen molar-refractivity contribution < 1.29 is 27.9 Å². The Balaban J connectivity index is 1.41. The molecule has 206 valence electrons. The second-order valence-electron chi connectivity index (χ2n) is 9.62. The van der Waals surface area contributed by atoms with Crippen molar-refractivity contribution in [3.05, 3.63) is 35.1 Å². The number of nitrogens with zero attached hydrogens (tertiary/aromatic N) is 4. The van der Waals surface area contributed by atoms with Crippen LogP contribution in [0.5, 0.6) is 11.6 Å². The zero-order valence-corrected chi connectivity index (χ0v) is 24.1. The van der Waals surface area contributed by atoms with Crippen LogP contribution in [0.25, 0.3) is 11.2 Å². The first kappa shape index (κ1) is 28.3. The smallest absolute Gasteiger partial charge is 0.459 e. The van der Waals surface area contributed by atoms with Crippen LogP contribution in [0.1, 0.15) is 39.7 Å². The number of carbonyl (C=O) groups excluding carboxylic acids is 1. The van der Waals surface area contributed by atoms with Crippen molar-refractivity contribution in [3.63, 3.8) is 0 Å². The normalized spacial score (nSPS) is 19.5. The number of fused-ring (bicyclic) bond motifs is 1. The summed E-state index contributed by atoms with van der Waals surface area (Å²) in [5.74, 6) is 0.516. The summed E-state index contributed by atoms with van der Waals surface area (Å²) in [5, 5.41) is 2.73. The summed E-state index contributed by atoms with van der Waals surface area (Å²) < 4.78 is 38.6. The number of aromatic nitrogens is 4. The van der Waals surface area contributed by atoms with Gasteiger partial charge in [0.05, 0.1) is 26.7 Å². The highest BCUT2D eigenvalue weighted by molar-refractivity contribution is 9.10. The predicted molar refractivity (Wildman–Crippen MR) is 145 cm³/mol. The summed E-state index contributed by atoms with van der Waals surface area (Å²) in [7, 11) is -2.42. The monoisotopic (exact) mass is 610 g/mol. The Morgan fingerprint density at radius 2 is 1.95 bits per heavy atom. The van der Waals surface area contributed by atoms with Crippen molar-refractivity contribution in [3.8, 4) is 11.6 Å². The third kappa shape index (κ3) is 6.82. The van der Waals surface area contributed by atoms with E-state index in [1.807, 2.05) is 18.4 Å². The van der Waals surface area contributed by atoms with Crippen LogP contribution in [0.3, 0.4) is 0 Å². The third-order valence-corrected chi connectivity index (χ3v) is 8.16. The Bertz CT molecular complexity index is 1310. The van der Waals surface area contributed by atoms with Crippen LogP contribution in [0.15, 0.2) is 35.1 Å². The number of esters is 1. The van der Waals surface area contributed by atoms with Gasteiger partial charge in [0.1, 0.15) is 11.8 Å². The van der Waals surface area contributed by atoms with Gasteiger partial charge in [-0.05, 0) is 55.9 Å². The molecule has 1 aliphatic carbocycles. The van der Waals surface area contributed by atoms with Gasteiger partial charge in [0.2, 0.25) is 11.8 Å². The molecular weight excluding hydrogens is 579 g/mol. The minimum atomic E-state index is -3.92. The van der Waals surface area contributed by atoms with Crippen LogP contribution in [0, 0.1) is 11.8 Å². The minimum Gasteiger partial charge on any atom is -0.479 e. The van der Waals surface area contributed by atoms with E-state index in [4.69, 9.17) is 24.3 Å². The SMILES string of the molecule is COc1nc(N)nc2c1ncn2[C@H]1C[C@@H](COP(=O)(N[C@@H](C)C(=O)OCC(C)C)Oc2ccc(Br)cc2)C1. The number of ether oxygens (including phenoxy) is 2. The molecule has 4 rings (SSSR count). The van der Waals surface area contributed by atoms with Crippen LogP contribution < -0.4 is 20.1 Å². The van der Waals surface area contributed by atoms with Crippen molar-refractivity contribution >= 4 is 46.8 Å². The van der Waals surface area contributed by atoms with Gasteiger partial charge in [0.25, 0.3) is 0 Å². The number of nitrogens with two attached hydrogens (primary N) is 1. The second-order valence-corrected chi connectivity index (χ2v) is 12.2. The molecule has 14 heteroatoms. The maximum Gasteiger partial charge on any atom is 0.459 e. The highest BCUT2D eigenvalue weighted by Crippen LogP contribution is 2.48. The Kier molecular flexibility index (Phi) is 8.92. The number of benzene rings is 1. The lowest BCUT2D eigenvalue weighted by atomic mass is 9.81. The zero-order chi connectivity index (χ0) is 27.4. The molecule has 2 heterocycles. The van der Waals surface area contributed by atoms with E-state index < -0.39 is 19.8 Å². The molecule has 1 saturated carbocycles. The molecule has 2 aromatic heterocycles. The maximum absolute atomic E-state index is 13.7. The van der Waals surface area contributed by atoms with E-state index >= 15 is 0 Å². The van der Waals surface area contributed by atoms with Crippen LogP contribution in [0.2, 0.25) is 0 Å². The molecular formula is C24H32BrN6O6P. The Hall–Kier alpha value is -2.73. The fourth-order valence-electron chi connectivity index (χ4n) is 3.97. The predicted octanol–water partition coefficient (Wildman–Crippen LogP) is 4.51. The highest BCUT2D eigenvalue weighted by Gasteiger charge is 2.37. The zero-order valence-electron chi connectivity index (χ0n) is 21.7. The van der Waals surface area contributed by atoms with E-state index in [0.29, 0.717) is 22.8 Å². The molecule has 0 saturated heterocycles. The van der Waals surface area contributed by atoms with E-state index in [1.165, 1.54) is 7.11 Å². The van der Waals surface area contributed by atoms with Crippen molar-refractivity contribution in [2.75, 3.05) is 26.1 Å². The number of nitrogen functional groups attached to an aromatic ring is 1. The minimum absolute atomic E-state index is 0.102. The lowest BCUT2D eigenvalue weighted by molar-refractivity contribution is -0.146. The largest absolute Gasteiger partial charge is 0.479 e. The molecule has 3 aromatic rings. The quantitative estimate of drug-likeness (QED) is 0.220. The topological polar surface area (TPSA) is 153 Å². The molecule has 38 heavy (non-hydrogen) atoms. The van der Waals surface area contributed by atoms with Crippen LogP contribution in [-0.2, 0) is 18.6 Å². The van der Waals surface area contributed by atoms with E-state index in [0.717, 1.165) is 17.3 Å². The first-order valence-corrected chi connectivity index (χ1v) is 14.6. The lowest BCUT2D eigenvalue weighted by Crippen LogP contribution is -2.36. The molecule has 1 unspecified atom stereocenters. The van der Waals surface area contributed by atoms with Gasteiger partial charge in [0.15, 0.2) is 11.2 Å². The van der Waals surface area contributed by atoms with Gasteiger partial charge in [-0.15, -0.1) is 0 Å². The average Bonchev–Trinajstić information content (AvgIpc) is 3.25.